The minimum atomic E-state index is -0.532. The number of hydrogen-bond acceptors (Lipinski definition) is 6. The van der Waals surface area contributed by atoms with E-state index in [1.807, 2.05) is 11.0 Å². The second kappa shape index (κ2) is 7.13. The van der Waals surface area contributed by atoms with E-state index in [1.165, 1.54) is 6.20 Å². The van der Waals surface area contributed by atoms with Crippen LogP contribution in [0.1, 0.15) is 5.56 Å². The Labute approximate surface area is 139 Å². The Balaban J connectivity index is 1.70. The fourth-order valence-corrected chi connectivity index (χ4v) is 2.99. The average molecular weight is 337 g/mol. The number of amides is 1. The van der Waals surface area contributed by atoms with Gasteiger partial charge in [-0.1, -0.05) is 11.6 Å². The van der Waals surface area contributed by atoms with Crippen LogP contribution in [0.3, 0.4) is 0 Å². The summed E-state index contributed by atoms with van der Waals surface area (Å²) in [5.74, 6) is 0.552. The molecule has 3 heterocycles. The van der Waals surface area contributed by atoms with Crippen molar-refractivity contribution in [2.75, 3.05) is 50.9 Å². The fraction of sp³-hybridized carbons (Fsp3) is 0.533. The average Bonchev–Trinajstić information content (AvgIpc) is 2.61. The molecular formula is C15H17ClN4O3. The number of carbonyl (C=O) groups is 1. The van der Waals surface area contributed by atoms with Crippen molar-refractivity contribution in [3.8, 4) is 6.07 Å². The van der Waals surface area contributed by atoms with Crippen molar-refractivity contribution in [2.45, 2.75) is 6.10 Å². The standard InChI is InChI=1S/C15H17ClN4O3/c16-12-7-11(8-17)9-18-14(12)20-3-6-23-13(10-20)15(21)19-1-4-22-5-2-19/h7,9,13H,1-6,10H2. The molecule has 3 rings (SSSR count). The number of carbonyl (C=O) groups excluding carboxylic acids is 1. The maximum Gasteiger partial charge on any atom is 0.253 e. The van der Waals surface area contributed by atoms with Gasteiger partial charge in [0.25, 0.3) is 5.91 Å². The van der Waals surface area contributed by atoms with Gasteiger partial charge in [-0.2, -0.15) is 5.26 Å². The number of ether oxygens (including phenoxy) is 2. The van der Waals surface area contributed by atoms with Gasteiger partial charge in [0.1, 0.15) is 11.9 Å². The van der Waals surface area contributed by atoms with Crippen LogP contribution >= 0.6 is 11.6 Å². The molecule has 0 radical (unpaired) electrons. The van der Waals surface area contributed by atoms with E-state index in [1.54, 1.807) is 11.0 Å². The first-order chi connectivity index (χ1) is 11.2. The third-order valence-electron chi connectivity index (χ3n) is 3.92. The minimum Gasteiger partial charge on any atom is -0.378 e. The molecule has 1 amide bonds. The fourth-order valence-electron chi connectivity index (χ4n) is 2.70. The molecule has 1 aromatic heterocycles. The van der Waals surface area contributed by atoms with E-state index in [-0.39, 0.29) is 5.91 Å². The SMILES string of the molecule is N#Cc1cnc(N2CCOC(C(=O)N3CCOCC3)C2)c(Cl)c1. The Hall–Kier alpha value is -1.88. The Morgan fingerprint density at radius 2 is 2.13 bits per heavy atom. The van der Waals surface area contributed by atoms with Gasteiger partial charge in [0.15, 0.2) is 6.10 Å². The third kappa shape index (κ3) is 3.55. The van der Waals surface area contributed by atoms with E-state index in [0.717, 1.165) is 0 Å². The van der Waals surface area contributed by atoms with Crippen LogP contribution in [0.15, 0.2) is 12.3 Å². The largest absolute Gasteiger partial charge is 0.378 e. The number of pyridine rings is 1. The maximum absolute atomic E-state index is 12.5. The summed E-state index contributed by atoms with van der Waals surface area (Å²) in [6.45, 7) is 3.73. The summed E-state index contributed by atoms with van der Waals surface area (Å²) < 4.78 is 10.9. The Bertz CT molecular complexity index is 628. The van der Waals surface area contributed by atoms with Gasteiger partial charge in [-0.25, -0.2) is 4.98 Å². The van der Waals surface area contributed by atoms with Gasteiger partial charge in [-0.3, -0.25) is 4.79 Å². The Morgan fingerprint density at radius 1 is 1.35 bits per heavy atom. The monoisotopic (exact) mass is 336 g/mol. The number of halogens is 1. The molecule has 0 aliphatic carbocycles. The van der Waals surface area contributed by atoms with E-state index < -0.39 is 6.10 Å². The van der Waals surface area contributed by atoms with Crippen molar-refractivity contribution in [3.63, 3.8) is 0 Å². The number of rotatable bonds is 2. The lowest BCUT2D eigenvalue weighted by atomic mass is 10.2. The highest BCUT2D eigenvalue weighted by Crippen LogP contribution is 2.26. The number of anilines is 1. The highest BCUT2D eigenvalue weighted by Gasteiger charge is 2.32. The van der Waals surface area contributed by atoms with Crippen LogP contribution in [0, 0.1) is 11.3 Å². The van der Waals surface area contributed by atoms with Crippen LogP contribution in [0.5, 0.6) is 0 Å². The van der Waals surface area contributed by atoms with Crippen molar-refractivity contribution in [3.05, 3.63) is 22.8 Å². The first-order valence-corrected chi connectivity index (χ1v) is 7.85. The highest BCUT2D eigenvalue weighted by molar-refractivity contribution is 6.33. The van der Waals surface area contributed by atoms with E-state index in [4.69, 9.17) is 26.3 Å². The first-order valence-electron chi connectivity index (χ1n) is 7.48. The Morgan fingerprint density at radius 3 is 2.83 bits per heavy atom. The molecular weight excluding hydrogens is 320 g/mol. The van der Waals surface area contributed by atoms with Gasteiger partial charge in [0, 0.05) is 25.8 Å². The van der Waals surface area contributed by atoms with Crippen LogP contribution < -0.4 is 4.90 Å². The van der Waals surface area contributed by atoms with E-state index in [9.17, 15) is 4.79 Å². The summed E-state index contributed by atoms with van der Waals surface area (Å²) in [7, 11) is 0. The molecule has 0 spiro atoms. The van der Waals surface area contributed by atoms with Crippen LogP contribution in [0.25, 0.3) is 0 Å². The van der Waals surface area contributed by atoms with Crippen molar-refractivity contribution >= 4 is 23.3 Å². The lowest BCUT2D eigenvalue weighted by Crippen LogP contribution is -2.53. The van der Waals surface area contributed by atoms with Gasteiger partial charge in [0.2, 0.25) is 0 Å². The molecule has 2 aliphatic rings. The second-order valence-electron chi connectivity index (χ2n) is 5.38. The topological polar surface area (TPSA) is 78.7 Å². The first kappa shape index (κ1) is 16.0. The van der Waals surface area contributed by atoms with Gasteiger partial charge in [0.05, 0.1) is 37.0 Å². The summed E-state index contributed by atoms with van der Waals surface area (Å²) in [4.78, 5) is 20.5. The molecule has 1 atom stereocenters. The van der Waals surface area contributed by atoms with E-state index >= 15 is 0 Å². The normalized spacial score (nSPS) is 21.8. The zero-order valence-electron chi connectivity index (χ0n) is 12.6. The molecule has 23 heavy (non-hydrogen) atoms. The quantitative estimate of drug-likeness (QED) is 0.790. The zero-order chi connectivity index (χ0) is 16.2. The second-order valence-corrected chi connectivity index (χ2v) is 5.79. The molecule has 2 saturated heterocycles. The van der Waals surface area contributed by atoms with Gasteiger partial charge >= 0.3 is 0 Å². The van der Waals surface area contributed by atoms with Gasteiger partial charge in [-0.15, -0.1) is 0 Å². The minimum absolute atomic E-state index is 0.0252. The molecule has 0 aromatic carbocycles. The predicted octanol–water partition coefficient (Wildman–Crippen LogP) is 0.671. The molecule has 7 nitrogen and oxygen atoms in total. The van der Waals surface area contributed by atoms with Crippen LogP contribution in [0.4, 0.5) is 5.82 Å². The smallest absolute Gasteiger partial charge is 0.253 e. The van der Waals surface area contributed by atoms with E-state index in [2.05, 4.69) is 4.98 Å². The van der Waals surface area contributed by atoms with Crippen molar-refractivity contribution < 1.29 is 14.3 Å². The van der Waals surface area contributed by atoms with Crippen molar-refractivity contribution in [2.24, 2.45) is 0 Å². The Kier molecular flexibility index (Phi) is 4.96. The number of hydrogen-bond donors (Lipinski definition) is 0. The molecule has 122 valence electrons. The highest BCUT2D eigenvalue weighted by atomic mass is 35.5. The molecule has 2 fully saturated rings. The summed E-state index contributed by atoms with van der Waals surface area (Å²) >= 11 is 6.21. The summed E-state index contributed by atoms with van der Waals surface area (Å²) in [5, 5.41) is 9.29. The maximum atomic E-state index is 12.5. The predicted molar refractivity (Wildman–Crippen MR) is 83.3 cm³/mol. The van der Waals surface area contributed by atoms with Gasteiger partial charge < -0.3 is 19.3 Å². The number of nitrogens with zero attached hydrogens (tertiary/aromatic N) is 4. The lowest BCUT2D eigenvalue weighted by Gasteiger charge is -2.36. The number of nitriles is 1. The van der Waals surface area contributed by atoms with Crippen LogP contribution in [0.2, 0.25) is 5.02 Å². The molecule has 2 aliphatic heterocycles. The summed E-state index contributed by atoms with van der Waals surface area (Å²) in [6, 6.07) is 3.59. The summed E-state index contributed by atoms with van der Waals surface area (Å²) in [6.07, 6.45) is 0.950. The van der Waals surface area contributed by atoms with Crippen molar-refractivity contribution in [1.82, 2.24) is 9.88 Å². The molecule has 8 heteroatoms. The van der Waals surface area contributed by atoms with E-state index in [0.29, 0.717) is 62.4 Å². The molecule has 0 bridgehead atoms. The third-order valence-corrected chi connectivity index (χ3v) is 4.19. The van der Waals surface area contributed by atoms with Crippen LogP contribution in [-0.4, -0.2) is 67.9 Å². The molecule has 1 aromatic rings. The molecule has 1 unspecified atom stereocenters. The lowest BCUT2D eigenvalue weighted by molar-refractivity contribution is -0.148. The molecule has 0 saturated carbocycles. The number of morpholine rings is 2. The zero-order valence-corrected chi connectivity index (χ0v) is 13.3. The van der Waals surface area contributed by atoms with Crippen LogP contribution in [-0.2, 0) is 14.3 Å². The number of aromatic nitrogens is 1. The van der Waals surface area contributed by atoms with Crippen molar-refractivity contribution in [1.29, 1.82) is 5.26 Å². The molecule has 0 N–H and O–H groups in total. The summed E-state index contributed by atoms with van der Waals surface area (Å²) in [5.41, 5.74) is 0.410. The van der Waals surface area contributed by atoms with Gasteiger partial charge in [-0.05, 0) is 6.07 Å².